The fourth-order valence-corrected chi connectivity index (χ4v) is 2.67. The number of carbonyl (C=O) groups excluding carboxylic acids is 1. The number of carbonyl (C=O) groups is 1. The van der Waals surface area contributed by atoms with Gasteiger partial charge in [0, 0.05) is 4.47 Å². The van der Waals surface area contributed by atoms with Crippen molar-refractivity contribution in [3.8, 4) is 6.07 Å². The van der Waals surface area contributed by atoms with Crippen LogP contribution in [0.2, 0.25) is 0 Å². The smallest absolute Gasteiger partial charge is 0.413 e. The van der Waals surface area contributed by atoms with E-state index in [0.29, 0.717) is 26.9 Å². The summed E-state index contributed by atoms with van der Waals surface area (Å²) in [7, 11) is 0. The fraction of sp³-hybridized carbons (Fsp3) is 0.250. The number of rotatable bonds is 1. The summed E-state index contributed by atoms with van der Waals surface area (Å²) in [5.41, 5.74) is 1.80. The second-order valence-corrected chi connectivity index (χ2v) is 7.02. The Bertz CT molecular complexity index is 998. The van der Waals surface area contributed by atoms with Gasteiger partial charge in [-0.25, -0.2) is 14.8 Å². The third kappa shape index (κ3) is 3.03. The molecule has 1 amide bonds. The summed E-state index contributed by atoms with van der Waals surface area (Å²) in [5.74, 6) is 0.320. The van der Waals surface area contributed by atoms with Crippen molar-refractivity contribution < 1.29 is 9.53 Å². The molecule has 0 atom stereocenters. The van der Waals surface area contributed by atoms with Crippen LogP contribution in [0.15, 0.2) is 29.1 Å². The highest BCUT2D eigenvalue weighted by Crippen LogP contribution is 2.27. The summed E-state index contributed by atoms with van der Waals surface area (Å²) < 4.78 is 7.72. The van der Waals surface area contributed by atoms with Gasteiger partial charge in [0.15, 0.2) is 5.82 Å². The number of nitrogens with one attached hydrogen (secondary N) is 1. The Morgan fingerprint density at radius 1 is 1.38 bits per heavy atom. The number of hydrogen-bond acceptors (Lipinski definition) is 5. The van der Waals surface area contributed by atoms with Gasteiger partial charge in [-0.1, -0.05) is 0 Å². The molecule has 3 aromatic rings. The van der Waals surface area contributed by atoms with Gasteiger partial charge in [0.2, 0.25) is 0 Å². The Morgan fingerprint density at radius 2 is 2.12 bits per heavy atom. The van der Waals surface area contributed by atoms with Gasteiger partial charge in [0.05, 0.1) is 29.1 Å². The van der Waals surface area contributed by atoms with Crippen LogP contribution in [0.4, 0.5) is 10.6 Å². The minimum Gasteiger partial charge on any atom is -0.444 e. The predicted octanol–water partition coefficient (Wildman–Crippen LogP) is 3.86. The van der Waals surface area contributed by atoms with Gasteiger partial charge in [-0.15, -0.1) is 0 Å². The van der Waals surface area contributed by atoms with Gasteiger partial charge < -0.3 is 4.74 Å². The van der Waals surface area contributed by atoms with E-state index in [1.807, 2.05) is 0 Å². The molecule has 0 aliphatic carbocycles. The van der Waals surface area contributed by atoms with Gasteiger partial charge in [-0.2, -0.15) is 5.26 Å². The van der Waals surface area contributed by atoms with Crippen LogP contribution in [0, 0.1) is 11.3 Å². The van der Waals surface area contributed by atoms with Gasteiger partial charge >= 0.3 is 6.09 Å². The van der Waals surface area contributed by atoms with Crippen molar-refractivity contribution in [2.24, 2.45) is 0 Å². The van der Waals surface area contributed by atoms with E-state index in [9.17, 15) is 10.1 Å². The first-order valence-corrected chi connectivity index (χ1v) is 7.93. The van der Waals surface area contributed by atoms with Gasteiger partial charge in [-0.3, -0.25) is 9.72 Å². The summed E-state index contributed by atoms with van der Waals surface area (Å²) in [5, 5.41) is 11.8. The highest BCUT2D eigenvalue weighted by atomic mass is 79.9. The number of ether oxygens (including phenoxy) is 1. The van der Waals surface area contributed by atoms with Crippen LogP contribution in [0.1, 0.15) is 26.3 Å². The predicted molar refractivity (Wildman–Crippen MR) is 92.8 cm³/mol. The standard InChI is InChI=1S/C16H14BrN5O2/c1-16(2,3)24-15(23)21-14-13-7-19-8-22(13)12-5-10(17)9(6-18)4-11(12)20-14/h4-5,7-8H,1-3H3,(H,20,21,23). The quantitative estimate of drug-likeness (QED) is 0.683. The average molecular weight is 388 g/mol. The number of nitriles is 1. The molecular weight excluding hydrogens is 374 g/mol. The second kappa shape index (κ2) is 5.76. The fourth-order valence-electron chi connectivity index (χ4n) is 2.25. The summed E-state index contributed by atoms with van der Waals surface area (Å²) >= 11 is 3.37. The monoisotopic (exact) mass is 387 g/mol. The lowest BCUT2D eigenvalue weighted by molar-refractivity contribution is 0.0635. The number of imidazole rings is 1. The van der Waals surface area contributed by atoms with E-state index >= 15 is 0 Å². The molecule has 2 heterocycles. The lowest BCUT2D eigenvalue weighted by Gasteiger charge is -2.19. The SMILES string of the molecule is CC(C)(C)OC(=O)Nc1nc2cc(C#N)c(Br)cc2n2cncc12. The molecule has 122 valence electrons. The van der Waals surface area contributed by atoms with Crippen LogP contribution >= 0.6 is 15.9 Å². The van der Waals surface area contributed by atoms with Crippen molar-refractivity contribution in [1.29, 1.82) is 5.26 Å². The Balaban J connectivity index is 2.13. The third-order valence-electron chi connectivity index (χ3n) is 3.18. The number of benzene rings is 1. The first-order chi connectivity index (χ1) is 11.3. The van der Waals surface area contributed by atoms with E-state index in [-0.39, 0.29) is 0 Å². The van der Waals surface area contributed by atoms with Gasteiger partial charge in [0.25, 0.3) is 0 Å². The molecule has 0 saturated heterocycles. The van der Waals surface area contributed by atoms with Crippen molar-refractivity contribution in [2.45, 2.75) is 26.4 Å². The summed E-state index contributed by atoms with van der Waals surface area (Å²) in [6, 6.07) is 5.55. The summed E-state index contributed by atoms with van der Waals surface area (Å²) in [6.07, 6.45) is 2.62. The van der Waals surface area contributed by atoms with Crippen molar-refractivity contribution in [3.05, 3.63) is 34.7 Å². The van der Waals surface area contributed by atoms with Crippen molar-refractivity contribution in [2.75, 3.05) is 5.32 Å². The Hall–Kier alpha value is -2.66. The highest BCUT2D eigenvalue weighted by molar-refractivity contribution is 9.10. The van der Waals surface area contributed by atoms with Gasteiger partial charge in [-0.05, 0) is 48.8 Å². The zero-order valence-corrected chi connectivity index (χ0v) is 14.9. The maximum atomic E-state index is 12.0. The number of amides is 1. The van der Waals surface area contributed by atoms with E-state index in [4.69, 9.17) is 4.74 Å². The lowest BCUT2D eigenvalue weighted by atomic mass is 10.2. The molecule has 0 radical (unpaired) electrons. The van der Waals surface area contributed by atoms with Crippen LogP contribution in [0.5, 0.6) is 0 Å². The van der Waals surface area contributed by atoms with Crippen molar-refractivity contribution in [1.82, 2.24) is 14.4 Å². The van der Waals surface area contributed by atoms with Gasteiger partial charge in [0.1, 0.15) is 17.2 Å². The van der Waals surface area contributed by atoms with E-state index in [2.05, 4.69) is 37.3 Å². The Labute approximate surface area is 146 Å². The highest BCUT2D eigenvalue weighted by Gasteiger charge is 2.19. The number of aromatic nitrogens is 3. The first-order valence-electron chi connectivity index (χ1n) is 7.14. The number of anilines is 1. The molecule has 2 aromatic heterocycles. The maximum absolute atomic E-state index is 12.0. The van der Waals surface area contributed by atoms with Crippen LogP contribution in [0.3, 0.4) is 0 Å². The topological polar surface area (TPSA) is 92.3 Å². The number of fused-ring (bicyclic) bond motifs is 3. The molecule has 24 heavy (non-hydrogen) atoms. The minimum atomic E-state index is -0.615. The van der Waals surface area contributed by atoms with E-state index in [1.165, 1.54) is 0 Å². The molecule has 0 aliphatic heterocycles. The molecule has 1 N–H and O–H groups in total. The minimum absolute atomic E-state index is 0.320. The molecule has 0 spiro atoms. The van der Waals surface area contributed by atoms with Crippen LogP contribution < -0.4 is 5.32 Å². The molecule has 0 bridgehead atoms. The summed E-state index contributed by atoms with van der Waals surface area (Å²) in [4.78, 5) is 20.6. The van der Waals surface area contributed by atoms with E-state index in [0.717, 1.165) is 5.52 Å². The largest absolute Gasteiger partial charge is 0.444 e. The van der Waals surface area contributed by atoms with E-state index < -0.39 is 11.7 Å². The maximum Gasteiger partial charge on any atom is 0.413 e. The zero-order valence-electron chi connectivity index (χ0n) is 13.3. The Morgan fingerprint density at radius 3 is 2.79 bits per heavy atom. The lowest BCUT2D eigenvalue weighted by Crippen LogP contribution is -2.27. The van der Waals surface area contributed by atoms with E-state index in [1.54, 1.807) is 49.8 Å². The molecule has 0 saturated carbocycles. The molecule has 1 aromatic carbocycles. The molecule has 7 nitrogen and oxygen atoms in total. The first kappa shape index (κ1) is 16.2. The third-order valence-corrected chi connectivity index (χ3v) is 3.83. The molecule has 0 aliphatic rings. The zero-order chi connectivity index (χ0) is 17.5. The van der Waals surface area contributed by atoms with Crippen LogP contribution in [-0.4, -0.2) is 26.1 Å². The number of nitrogens with zero attached hydrogens (tertiary/aromatic N) is 4. The second-order valence-electron chi connectivity index (χ2n) is 6.17. The van der Waals surface area contributed by atoms with Crippen LogP contribution in [0.25, 0.3) is 16.6 Å². The molecular formula is C16H14BrN5O2. The summed E-state index contributed by atoms with van der Waals surface area (Å²) in [6.45, 7) is 5.35. The molecule has 3 rings (SSSR count). The average Bonchev–Trinajstić information content (AvgIpc) is 2.95. The molecule has 8 heteroatoms. The number of halogens is 1. The Kier molecular flexibility index (Phi) is 3.89. The number of hydrogen-bond donors (Lipinski definition) is 1. The molecule has 0 unspecified atom stereocenters. The van der Waals surface area contributed by atoms with Crippen LogP contribution in [-0.2, 0) is 4.74 Å². The molecule has 0 fully saturated rings. The normalized spacial score (nSPS) is 11.5. The van der Waals surface area contributed by atoms with Crippen molar-refractivity contribution in [3.63, 3.8) is 0 Å². The van der Waals surface area contributed by atoms with Crippen molar-refractivity contribution >= 4 is 44.4 Å².